The minimum Gasteiger partial charge on any atom is -0.497 e. The van der Waals surface area contributed by atoms with Crippen molar-refractivity contribution in [2.45, 2.75) is 35.7 Å². The predicted molar refractivity (Wildman–Crippen MR) is 124 cm³/mol. The largest absolute Gasteiger partial charge is 0.497 e. The number of carbonyl (C=O) groups excluding carboxylic acids is 1. The molecule has 1 aliphatic heterocycles. The molecule has 1 fully saturated rings. The van der Waals surface area contributed by atoms with Gasteiger partial charge in [-0.2, -0.15) is 0 Å². The van der Waals surface area contributed by atoms with Crippen LogP contribution < -0.4 is 10.1 Å². The fourth-order valence-electron chi connectivity index (χ4n) is 3.93. The highest BCUT2D eigenvalue weighted by molar-refractivity contribution is 8.00. The minimum atomic E-state index is -0.493. The van der Waals surface area contributed by atoms with E-state index in [-0.39, 0.29) is 23.3 Å². The van der Waals surface area contributed by atoms with E-state index in [1.165, 1.54) is 6.07 Å². The van der Waals surface area contributed by atoms with Crippen LogP contribution in [0.4, 0.5) is 8.78 Å². The van der Waals surface area contributed by atoms with Crippen molar-refractivity contribution in [2.24, 2.45) is 0 Å². The fraction of sp³-hybridized carbons (Fsp3) is 0.280. The lowest BCUT2D eigenvalue weighted by molar-refractivity contribution is -0.125. The van der Waals surface area contributed by atoms with Gasteiger partial charge >= 0.3 is 0 Å². The second-order valence-corrected chi connectivity index (χ2v) is 9.28. The molecular formula is C25H25F2N3O2S. The van der Waals surface area contributed by atoms with E-state index in [9.17, 15) is 13.6 Å². The molecule has 0 saturated carbocycles. The molecule has 0 radical (unpaired) electrons. The summed E-state index contributed by atoms with van der Waals surface area (Å²) in [4.78, 5) is 20.1. The lowest BCUT2D eigenvalue weighted by Crippen LogP contribution is -2.42. The lowest BCUT2D eigenvalue weighted by Gasteiger charge is -2.24. The van der Waals surface area contributed by atoms with Crippen LogP contribution in [0.25, 0.3) is 0 Å². The Balaban J connectivity index is 1.48. The monoisotopic (exact) mass is 469 g/mol. The van der Waals surface area contributed by atoms with Gasteiger partial charge in [-0.05, 0) is 60.5 Å². The maximum Gasteiger partial charge on any atom is 0.237 e. The molecule has 0 unspecified atom stereocenters. The number of aromatic nitrogens is 1. The van der Waals surface area contributed by atoms with Crippen LogP contribution in [-0.2, 0) is 17.9 Å². The van der Waals surface area contributed by atoms with E-state index >= 15 is 0 Å². The number of likely N-dealkylation sites (tertiary alicyclic amines) is 1. The Morgan fingerprint density at radius 3 is 2.76 bits per heavy atom. The number of benzene rings is 2. The Morgan fingerprint density at radius 1 is 1.21 bits per heavy atom. The molecule has 3 aromatic rings. The van der Waals surface area contributed by atoms with Crippen LogP contribution in [0.3, 0.4) is 0 Å². The van der Waals surface area contributed by atoms with E-state index in [2.05, 4.69) is 10.3 Å². The first-order valence-corrected chi connectivity index (χ1v) is 11.5. The minimum absolute atomic E-state index is 0.129. The van der Waals surface area contributed by atoms with Gasteiger partial charge < -0.3 is 10.1 Å². The number of amides is 1. The van der Waals surface area contributed by atoms with Crippen LogP contribution in [0.2, 0.25) is 0 Å². The SMILES string of the molecule is COc1ccc(S[C@@H]2C[C@@H](C(=O)NCc3cccnc3)N(Cc3cc(F)ccc3F)C2)cc1. The highest BCUT2D eigenvalue weighted by atomic mass is 32.2. The van der Waals surface area contributed by atoms with Gasteiger partial charge in [0.2, 0.25) is 5.91 Å². The number of halogens is 2. The number of hydrogen-bond donors (Lipinski definition) is 1. The fourth-order valence-corrected chi connectivity index (χ4v) is 5.16. The summed E-state index contributed by atoms with van der Waals surface area (Å²) in [5.41, 5.74) is 1.14. The Hall–Kier alpha value is -2.97. The molecule has 4 rings (SSSR count). The maximum atomic E-state index is 14.3. The summed E-state index contributed by atoms with van der Waals surface area (Å²) in [5.74, 6) is -0.320. The second kappa shape index (κ2) is 10.8. The summed E-state index contributed by atoms with van der Waals surface area (Å²) in [7, 11) is 1.62. The van der Waals surface area contributed by atoms with Crippen LogP contribution in [0.5, 0.6) is 5.75 Å². The van der Waals surface area contributed by atoms with Gasteiger partial charge in [-0.25, -0.2) is 8.78 Å². The van der Waals surface area contributed by atoms with E-state index in [4.69, 9.17) is 4.74 Å². The quantitative estimate of drug-likeness (QED) is 0.529. The number of pyridine rings is 1. The molecule has 0 aliphatic carbocycles. The molecule has 1 amide bonds. The summed E-state index contributed by atoms with van der Waals surface area (Å²) in [6.45, 7) is 1.10. The molecule has 2 heterocycles. The topological polar surface area (TPSA) is 54.5 Å². The molecule has 1 aromatic heterocycles. The number of carbonyl (C=O) groups is 1. The summed E-state index contributed by atoms with van der Waals surface area (Å²) < 4.78 is 33.3. The van der Waals surface area contributed by atoms with Gasteiger partial charge in [-0.1, -0.05) is 6.07 Å². The number of methoxy groups -OCH3 is 1. The Kier molecular flexibility index (Phi) is 7.57. The van der Waals surface area contributed by atoms with Crippen molar-refractivity contribution in [2.75, 3.05) is 13.7 Å². The molecular weight excluding hydrogens is 444 g/mol. The van der Waals surface area contributed by atoms with Crippen molar-refractivity contribution in [3.05, 3.63) is 89.8 Å². The lowest BCUT2D eigenvalue weighted by atomic mass is 10.1. The molecule has 5 nitrogen and oxygen atoms in total. The molecule has 2 aromatic carbocycles. The van der Waals surface area contributed by atoms with Crippen molar-refractivity contribution >= 4 is 17.7 Å². The summed E-state index contributed by atoms with van der Waals surface area (Å²) in [6.07, 6.45) is 3.99. The zero-order valence-electron chi connectivity index (χ0n) is 18.2. The average Bonchev–Trinajstić information content (AvgIpc) is 3.23. The molecule has 8 heteroatoms. The van der Waals surface area contributed by atoms with E-state index in [0.29, 0.717) is 19.5 Å². The first-order chi connectivity index (χ1) is 16.0. The van der Waals surface area contributed by atoms with Crippen LogP contribution in [0, 0.1) is 11.6 Å². The van der Waals surface area contributed by atoms with Gasteiger partial charge in [0.15, 0.2) is 0 Å². The molecule has 1 aliphatic rings. The molecule has 172 valence electrons. The van der Waals surface area contributed by atoms with E-state index in [1.54, 1.807) is 31.3 Å². The number of thioether (sulfide) groups is 1. The number of nitrogens with zero attached hydrogens (tertiary/aromatic N) is 2. The number of ether oxygens (including phenoxy) is 1. The second-order valence-electron chi connectivity index (χ2n) is 7.91. The van der Waals surface area contributed by atoms with Crippen LogP contribution in [0.15, 0.2) is 71.9 Å². The Labute approximate surface area is 196 Å². The van der Waals surface area contributed by atoms with E-state index in [1.807, 2.05) is 41.3 Å². The summed E-state index contributed by atoms with van der Waals surface area (Å²) in [6, 6.07) is 14.5. The summed E-state index contributed by atoms with van der Waals surface area (Å²) >= 11 is 1.67. The van der Waals surface area contributed by atoms with Gasteiger partial charge in [-0.15, -0.1) is 11.8 Å². The average molecular weight is 470 g/mol. The molecule has 2 atom stereocenters. The van der Waals surface area contributed by atoms with Gasteiger partial charge in [0, 0.05) is 47.7 Å². The molecule has 33 heavy (non-hydrogen) atoms. The molecule has 0 bridgehead atoms. The zero-order chi connectivity index (χ0) is 23.2. The van der Waals surface area contributed by atoms with Crippen LogP contribution in [0.1, 0.15) is 17.5 Å². The highest BCUT2D eigenvalue weighted by Crippen LogP contribution is 2.34. The highest BCUT2D eigenvalue weighted by Gasteiger charge is 2.37. The smallest absolute Gasteiger partial charge is 0.237 e. The molecule has 1 saturated heterocycles. The van der Waals surface area contributed by atoms with Gasteiger partial charge in [-0.3, -0.25) is 14.7 Å². The molecule has 1 N–H and O–H groups in total. The van der Waals surface area contributed by atoms with Gasteiger partial charge in [0.1, 0.15) is 17.4 Å². The summed E-state index contributed by atoms with van der Waals surface area (Å²) in [5, 5.41) is 3.10. The van der Waals surface area contributed by atoms with E-state index in [0.717, 1.165) is 28.3 Å². The zero-order valence-corrected chi connectivity index (χ0v) is 19.0. The number of hydrogen-bond acceptors (Lipinski definition) is 5. The van der Waals surface area contributed by atoms with Crippen molar-refractivity contribution in [1.82, 2.24) is 15.2 Å². The Morgan fingerprint density at radius 2 is 2.03 bits per heavy atom. The first-order valence-electron chi connectivity index (χ1n) is 10.7. The normalized spacial score (nSPS) is 18.3. The third-order valence-electron chi connectivity index (χ3n) is 5.60. The predicted octanol–water partition coefficient (Wildman–Crippen LogP) is 4.42. The van der Waals surface area contributed by atoms with E-state index < -0.39 is 17.7 Å². The first kappa shape index (κ1) is 23.2. The van der Waals surface area contributed by atoms with Crippen molar-refractivity contribution in [3.8, 4) is 5.75 Å². The molecule has 0 spiro atoms. The van der Waals surface area contributed by atoms with Gasteiger partial charge in [0.05, 0.1) is 13.2 Å². The van der Waals surface area contributed by atoms with Crippen molar-refractivity contribution < 1.29 is 18.3 Å². The third kappa shape index (κ3) is 6.09. The van der Waals surface area contributed by atoms with Gasteiger partial charge in [0.25, 0.3) is 0 Å². The number of nitrogens with one attached hydrogen (secondary N) is 1. The number of rotatable bonds is 8. The third-order valence-corrected chi connectivity index (χ3v) is 6.82. The van der Waals surface area contributed by atoms with Crippen LogP contribution >= 0.6 is 11.8 Å². The van der Waals surface area contributed by atoms with Crippen LogP contribution in [-0.4, -0.2) is 40.7 Å². The van der Waals surface area contributed by atoms with Crippen molar-refractivity contribution in [1.29, 1.82) is 0 Å². The standard InChI is InChI=1S/C25H25F2N3O2S/c1-32-20-5-7-21(8-6-20)33-22-12-24(25(31)29-14-17-3-2-10-28-13-17)30(16-22)15-18-11-19(26)4-9-23(18)27/h2-11,13,22,24H,12,14-16H2,1H3,(H,29,31)/t22-,24+/m1/s1. The Bertz CT molecular complexity index is 1080. The van der Waals surface area contributed by atoms with Crippen molar-refractivity contribution in [3.63, 3.8) is 0 Å². The maximum absolute atomic E-state index is 14.3.